The molecule has 0 aromatic heterocycles. The van der Waals surface area contributed by atoms with Crippen LogP contribution in [0.4, 0.5) is 14.9 Å². The first-order valence-corrected chi connectivity index (χ1v) is 6.14. The largest absolute Gasteiger partial charge is 0.481 e. The maximum Gasteiger partial charge on any atom is 0.326 e. The monoisotopic (exact) mass is 318 g/mol. The number of hydrogen-bond donors (Lipinski definition) is 4. The molecule has 0 aliphatic heterocycles. The molecule has 0 fully saturated rings. The van der Waals surface area contributed by atoms with E-state index in [2.05, 4.69) is 10.6 Å². The van der Waals surface area contributed by atoms with Gasteiger partial charge >= 0.3 is 18.0 Å². The van der Waals surface area contributed by atoms with E-state index in [0.29, 0.717) is 0 Å². The van der Waals surface area contributed by atoms with Gasteiger partial charge in [0.25, 0.3) is 0 Å². The summed E-state index contributed by atoms with van der Waals surface area (Å²) < 4.78 is 12.8. The fourth-order valence-corrected chi connectivity index (χ4v) is 1.65. The Morgan fingerprint density at radius 1 is 1.29 bits per heavy atom. The normalized spacial score (nSPS) is 11.5. The Morgan fingerprint density at radius 2 is 1.95 bits per heavy atom. The summed E-state index contributed by atoms with van der Waals surface area (Å²) in [7, 11) is 0. The van der Waals surface area contributed by atoms with Crippen LogP contribution in [0.15, 0.2) is 18.2 Å². The molecule has 4 N–H and O–H groups in total. The number of carboxylic acid groups (broad SMARTS) is 2. The predicted molar refractivity (Wildman–Crippen MR) is 71.9 cm³/mol. The Hall–Kier alpha value is -2.35. The molecule has 0 radical (unpaired) electrons. The maximum absolute atomic E-state index is 12.8. The highest BCUT2D eigenvalue weighted by Crippen LogP contribution is 2.22. The SMILES string of the molecule is O=C(O)CC[C@H](NC(=O)Nc1ccc(F)cc1Cl)C(=O)O. The summed E-state index contributed by atoms with van der Waals surface area (Å²) in [6.45, 7) is 0. The molecule has 0 aliphatic carbocycles. The Kier molecular flexibility index (Phi) is 5.92. The van der Waals surface area contributed by atoms with Gasteiger partial charge in [-0.15, -0.1) is 0 Å². The number of benzene rings is 1. The number of carboxylic acids is 2. The van der Waals surface area contributed by atoms with Gasteiger partial charge in [-0.3, -0.25) is 4.79 Å². The van der Waals surface area contributed by atoms with E-state index in [1.807, 2.05) is 0 Å². The van der Waals surface area contributed by atoms with Gasteiger partial charge in [-0.1, -0.05) is 11.6 Å². The summed E-state index contributed by atoms with van der Waals surface area (Å²) in [5.41, 5.74) is 0.0953. The molecule has 0 saturated carbocycles. The molecule has 0 spiro atoms. The number of carbonyl (C=O) groups excluding carboxylic acids is 1. The lowest BCUT2D eigenvalue weighted by Crippen LogP contribution is -2.43. The minimum absolute atomic E-state index is 0.0532. The highest BCUT2D eigenvalue weighted by Gasteiger charge is 2.21. The van der Waals surface area contributed by atoms with E-state index in [0.717, 1.165) is 12.1 Å². The van der Waals surface area contributed by atoms with Crippen molar-refractivity contribution >= 4 is 35.3 Å². The molecular weight excluding hydrogens is 307 g/mol. The second-order valence-corrected chi connectivity index (χ2v) is 4.45. The Balaban J connectivity index is 2.65. The fourth-order valence-electron chi connectivity index (χ4n) is 1.43. The van der Waals surface area contributed by atoms with Gasteiger partial charge in [0.1, 0.15) is 11.9 Å². The van der Waals surface area contributed by atoms with Crippen LogP contribution >= 0.6 is 11.6 Å². The van der Waals surface area contributed by atoms with E-state index in [1.54, 1.807) is 0 Å². The molecule has 0 bridgehead atoms. The summed E-state index contributed by atoms with van der Waals surface area (Å²) in [6.07, 6.45) is -0.677. The van der Waals surface area contributed by atoms with E-state index in [9.17, 15) is 18.8 Å². The van der Waals surface area contributed by atoms with Crippen molar-refractivity contribution in [1.29, 1.82) is 0 Å². The predicted octanol–water partition coefficient (Wildman–Crippen LogP) is 1.92. The molecule has 21 heavy (non-hydrogen) atoms. The number of amides is 2. The quantitative estimate of drug-likeness (QED) is 0.639. The van der Waals surface area contributed by atoms with Crippen LogP contribution in [0.1, 0.15) is 12.8 Å². The van der Waals surface area contributed by atoms with Crippen molar-refractivity contribution < 1.29 is 29.0 Å². The average Bonchev–Trinajstić information content (AvgIpc) is 2.37. The number of aliphatic carboxylic acids is 2. The van der Waals surface area contributed by atoms with Gasteiger partial charge in [-0.2, -0.15) is 0 Å². The van der Waals surface area contributed by atoms with Crippen molar-refractivity contribution in [3.63, 3.8) is 0 Å². The van der Waals surface area contributed by atoms with E-state index in [1.165, 1.54) is 6.07 Å². The van der Waals surface area contributed by atoms with Gasteiger partial charge in [-0.25, -0.2) is 14.0 Å². The first kappa shape index (κ1) is 16.7. The number of halogens is 2. The van der Waals surface area contributed by atoms with Gasteiger partial charge in [0.05, 0.1) is 10.7 Å². The Bertz CT molecular complexity index is 567. The summed E-state index contributed by atoms with van der Waals surface area (Å²) in [5, 5.41) is 21.7. The number of carbonyl (C=O) groups is 3. The van der Waals surface area contributed by atoms with E-state index in [-0.39, 0.29) is 17.1 Å². The van der Waals surface area contributed by atoms with Gasteiger partial charge < -0.3 is 20.8 Å². The molecule has 1 aromatic rings. The second-order valence-electron chi connectivity index (χ2n) is 4.05. The standard InChI is InChI=1S/C12H12ClFN2O5/c13-7-5-6(14)1-2-8(7)15-12(21)16-9(11(19)20)3-4-10(17)18/h1-2,5,9H,3-4H2,(H,17,18)(H,19,20)(H2,15,16,21)/t9-/m0/s1. The van der Waals surface area contributed by atoms with Crippen molar-refractivity contribution in [1.82, 2.24) is 5.32 Å². The summed E-state index contributed by atoms with van der Waals surface area (Å²) >= 11 is 5.70. The lowest BCUT2D eigenvalue weighted by atomic mass is 10.1. The first-order chi connectivity index (χ1) is 9.79. The molecule has 114 valence electrons. The van der Waals surface area contributed by atoms with Crippen molar-refractivity contribution in [3.05, 3.63) is 29.0 Å². The van der Waals surface area contributed by atoms with E-state index < -0.39 is 36.2 Å². The van der Waals surface area contributed by atoms with Gasteiger partial charge in [0, 0.05) is 6.42 Å². The minimum Gasteiger partial charge on any atom is -0.481 e. The zero-order chi connectivity index (χ0) is 16.0. The molecule has 0 unspecified atom stereocenters. The molecule has 1 aromatic carbocycles. The molecule has 1 atom stereocenters. The zero-order valence-corrected chi connectivity index (χ0v) is 11.4. The van der Waals surface area contributed by atoms with Gasteiger partial charge in [0.15, 0.2) is 0 Å². The Morgan fingerprint density at radius 3 is 2.48 bits per heavy atom. The van der Waals surface area contributed by atoms with Gasteiger partial charge in [0.2, 0.25) is 0 Å². The fraction of sp³-hybridized carbons (Fsp3) is 0.250. The van der Waals surface area contributed by atoms with Crippen molar-refractivity contribution in [3.8, 4) is 0 Å². The number of anilines is 1. The lowest BCUT2D eigenvalue weighted by Gasteiger charge is -2.14. The molecule has 0 heterocycles. The third kappa shape index (κ3) is 5.65. The second kappa shape index (κ2) is 7.44. The molecule has 0 aliphatic rings. The third-order valence-corrected chi connectivity index (χ3v) is 2.74. The molecule has 7 nitrogen and oxygen atoms in total. The van der Waals surface area contributed by atoms with Crippen LogP contribution in [0.2, 0.25) is 5.02 Å². The van der Waals surface area contributed by atoms with Crippen LogP contribution in [0.25, 0.3) is 0 Å². The minimum atomic E-state index is -1.36. The molecule has 2 amide bonds. The number of hydrogen-bond acceptors (Lipinski definition) is 3. The average molecular weight is 319 g/mol. The molecule has 0 saturated heterocycles. The summed E-state index contributed by atoms with van der Waals surface area (Å²) in [5.74, 6) is -3.13. The first-order valence-electron chi connectivity index (χ1n) is 5.76. The lowest BCUT2D eigenvalue weighted by molar-refractivity contribution is -0.140. The number of urea groups is 1. The smallest absolute Gasteiger partial charge is 0.326 e. The van der Waals surface area contributed by atoms with Crippen LogP contribution in [0.3, 0.4) is 0 Å². The molecule has 9 heteroatoms. The highest BCUT2D eigenvalue weighted by molar-refractivity contribution is 6.33. The van der Waals surface area contributed by atoms with Crippen molar-refractivity contribution in [2.45, 2.75) is 18.9 Å². The summed E-state index contributed by atoms with van der Waals surface area (Å²) in [6, 6.07) is 1.02. The van der Waals surface area contributed by atoms with Crippen LogP contribution in [0, 0.1) is 5.82 Å². The zero-order valence-electron chi connectivity index (χ0n) is 10.6. The molecule has 1 rings (SSSR count). The van der Waals surface area contributed by atoms with E-state index in [4.69, 9.17) is 21.8 Å². The number of nitrogens with one attached hydrogen (secondary N) is 2. The van der Waals surface area contributed by atoms with Gasteiger partial charge in [-0.05, 0) is 24.6 Å². The van der Waals surface area contributed by atoms with Crippen LogP contribution in [-0.2, 0) is 9.59 Å². The third-order valence-electron chi connectivity index (χ3n) is 2.43. The van der Waals surface area contributed by atoms with Crippen LogP contribution in [-0.4, -0.2) is 34.2 Å². The Labute approximate surface area is 123 Å². The molecular formula is C12H12ClFN2O5. The van der Waals surface area contributed by atoms with Crippen molar-refractivity contribution in [2.75, 3.05) is 5.32 Å². The number of rotatable bonds is 6. The van der Waals surface area contributed by atoms with Crippen molar-refractivity contribution in [2.24, 2.45) is 0 Å². The van der Waals surface area contributed by atoms with Crippen LogP contribution < -0.4 is 10.6 Å². The highest BCUT2D eigenvalue weighted by atomic mass is 35.5. The van der Waals surface area contributed by atoms with E-state index >= 15 is 0 Å². The topological polar surface area (TPSA) is 116 Å². The maximum atomic E-state index is 12.8. The summed E-state index contributed by atoms with van der Waals surface area (Å²) in [4.78, 5) is 32.9. The van der Waals surface area contributed by atoms with Crippen LogP contribution in [0.5, 0.6) is 0 Å².